The van der Waals surface area contributed by atoms with Crippen molar-refractivity contribution in [3.8, 4) is 56.2 Å². The van der Waals surface area contributed by atoms with E-state index in [9.17, 15) is 0 Å². The topological polar surface area (TPSA) is 38.7 Å². The summed E-state index contributed by atoms with van der Waals surface area (Å²) < 4.78 is 0. The second kappa shape index (κ2) is 14.3. The molecule has 7 aromatic carbocycles. The molecule has 2 aromatic heterocycles. The van der Waals surface area contributed by atoms with E-state index in [0.29, 0.717) is 5.82 Å². The zero-order valence-electron chi connectivity index (χ0n) is 31.7. The Labute approximate surface area is 342 Å². The maximum absolute atomic E-state index is 5.40. The Morgan fingerprint density at radius 2 is 1.16 bits per heavy atom. The van der Waals surface area contributed by atoms with Crippen LogP contribution in [0.1, 0.15) is 29.5 Å². The number of pyridine rings is 1. The molecule has 4 heteroatoms. The Balaban J connectivity index is 1.17. The predicted octanol–water partition coefficient (Wildman–Crippen LogP) is 14.1. The van der Waals surface area contributed by atoms with Gasteiger partial charge in [-0.05, 0) is 92.7 Å². The SMILES string of the molecule is C1=C/Sc2ccccc2C2(/C=C/CC/1)c1cc(-c3nc(-c4ccccc4)cc(-c4cccc5ccccc45)n3)ccc1-c1ccc(-c3cccc4cccnc34)cc12. The molecule has 0 bridgehead atoms. The van der Waals surface area contributed by atoms with E-state index in [2.05, 4.69) is 187 Å². The van der Waals surface area contributed by atoms with Gasteiger partial charge >= 0.3 is 0 Å². The highest BCUT2D eigenvalue weighted by Gasteiger charge is 2.44. The maximum atomic E-state index is 5.40. The fourth-order valence-electron chi connectivity index (χ4n) is 9.02. The number of benzene rings is 7. The lowest BCUT2D eigenvalue weighted by Gasteiger charge is -2.32. The van der Waals surface area contributed by atoms with Gasteiger partial charge in [-0.1, -0.05) is 170 Å². The Hall–Kier alpha value is -6.88. The van der Waals surface area contributed by atoms with Crippen LogP contribution < -0.4 is 0 Å². The Kier molecular flexibility index (Phi) is 8.45. The van der Waals surface area contributed by atoms with Crippen molar-refractivity contribution >= 4 is 33.4 Å². The van der Waals surface area contributed by atoms with Crippen molar-refractivity contribution in [3.63, 3.8) is 0 Å². The van der Waals surface area contributed by atoms with Gasteiger partial charge in [0.2, 0.25) is 0 Å². The number of thioether (sulfide) groups is 1. The van der Waals surface area contributed by atoms with Gasteiger partial charge in [0.25, 0.3) is 0 Å². The molecule has 3 nitrogen and oxygen atoms in total. The third-order valence-corrected chi connectivity index (χ3v) is 12.7. The minimum absolute atomic E-state index is 0.570. The lowest BCUT2D eigenvalue weighted by Crippen LogP contribution is -2.25. The molecule has 2 aliphatic rings. The summed E-state index contributed by atoms with van der Waals surface area (Å²) in [6.07, 6.45) is 11.0. The maximum Gasteiger partial charge on any atom is 0.160 e. The number of aromatic nitrogens is 3. The van der Waals surface area contributed by atoms with Gasteiger partial charge in [-0.15, -0.1) is 0 Å². The van der Waals surface area contributed by atoms with Crippen LogP contribution >= 0.6 is 11.8 Å². The van der Waals surface area contributed by atoms with Crippen LogP contribution in [0.25, 0.3) is 77.8 Å². The van der Waals surface area contributed by atoms with Gasteiger partial charge in [0, 0.05) is 38.7 Å². The molecule has 1 aliphatic heterocycles. The van der Waals surface area contributed by atoms with Crippen LogP contribution in [0.15, 0.2) is 205 Å². The van der Waals surface area contributed by atoms with Crippen LogP contribution in [0.2, 0.25) is 0 Å². The Morgan fingerprint density at radius 1 is 0.466 bits per heavy atom. The minimum atomic E-state index is -0.570. The highest BCUT2D eigenvalue weighted by molar-refractivity contribution is 8.02. The van der Waals surface area contributed by atoms with Crippen molar-refractivity contribution in [1.29, 1.82) is 0 Å². The van der Waals surface area contributed by atoms with Crippen molar-refractivity contribution in [2.24, 2.45) is 0 Å². The summed E-state index contributed by atoms with van der Waals surface area (Å²) in [6, 6.07) is 61.1. The van der Waals surface area contributed by atoms with E-state index in [1.165, 1.54) is 43.5 Å². The number of hydrogen-bond donors (Lipinski definition) is 0. The number of fused-ring (bicyclic) bond motifs is 9. The van der Waals surface area contributed by atoms with E-state index in [4.69, 9.17) is 15.0 Å². The molecule has 3 heterocycles. The fraction of sp³-hybridized carbons (Fsp3) is 0.0556. The monoisotopic (exact) mass is 759 g/mol. The number of hydrogen-bond acceptors (Lipinski definition) is 4. The summed E-state index contributed by atoms with van der Waals surface area (Å²) >= 11 is 1.81. The Morgan fingerprint density at radius 3 is 2.05 bits per heavy atom. The number of rotatable bonds is 4. The highest BCUT2D eigenvalue weighted by atomic mass is 32.2. The van der Waals surface area contributed by atoms with Crippen LogP contribution in [0.5, 0.6) is 0 Å². The molecule has 0 radical (unpaired) electrons. The molecule has 0 amide bonds. The molecule has 11 rings (SSSR count). The number of para-hydroxylation sites is 1. The van der Waals surface area contributed by atoms with Gasteiger partial charge in [0.1, 0.15) is 0 Å². The first-order valence-corrected chi connectivity index (χ1v) is 20.8. The second-order valence-electron chi connectivity index (χ2n) is 15.0. The van der Waals surface area contributed by atoms with Gasteiger partial charge in [-0.2, -0.15) is 0 Å². The molecular formula is C54H37N3S. The molecule has 1 unspecified atom stereocenters. The molecule has 1 aliphatic carbocycles. The molecule has 0 fully saturated rings. The van der Waals surface area contributed by atoms with Gasteiger partial charge in [-0.25, -0.2) is 9.97 Å². The summed E-state index contributed by atoms with van der Waals surface area (Å²) in [7, 11) is 0. The quantitative estimate of drug-likeness (QED) is 0.168. The predicted molar refractivity (Wildman–Crippen MR) is 242 cm³/mol. The molecule has 1 spiro atoms. The van der Waals surface area contributed by atoms with E-state index in [0.717, 1.165) is 62.9 Å². The third kappa shape index (κ3) is 5.71. The molecule has 274 valence electrons. The van der Waals surface area contributed by atoms with E-state index in [1.54, 1.807) is 0 Å². The lowest BCUT2D eigenvalue weighted by molar-refractivity contribution is 0.776. The van der Waals surface area contributed by atoms with Crippen molar-refractivity contribution < 1.29 is 0 Å². The molecular weight excluding hydrogens is 723 g/mol. The summed E-state index contributed by atoms with van der Waals surface area (Å²) in [5.41, 5.74) is 13.9. The number of nitrogens with zero attached hydrogens (tertiary/aromatic N) is 3. The first-order valence-electron chi connectivity index (χ1n) is 19.9. The zero-order chi connectivity index (χ0) is 38.5. The van der Waals surface area contributed by atoms with Crippen LogP contribution in [0, 0.1) is 0 Å². The van der Waals surface area contributed by atoms with E-state index < -0.39 is 5.41 Å². The second-order valence-corrected chi connectivity index (χ2v) is 16.0. The number of allylic oxidation sites excluding steroid dienone is 3. The molecule has 1 atom stereocenters. The van der Waals surface area contributed by atoms with E-state index in [1.807, 2.05) is 24.0 Å². The average Bonchev–Trinajstić information content (AvgIpc) is 3.57. The van der Waals surface area contributed by atoms with Crippen LogP contribution in [-0.2, 0) is 5.41 Å². The first-order chi connectivity index (χ1) is 28.7. The zero-order valence-corrected chi connectivity index (χ0v) is 32.5. The summed E-state index contributed by atoms with van der Waals surface area (Å²) in [4.78, 5) is 16.8. The van der Waals surface area contributed by atoms with Gasteiger partial charge in [-0.3, -0.25) is 4.98 Å². The smallest absolute Gasteiger partial charge is 0.160 e. The normalized spacial score (nSPS) is 16.8. The standard InChI is InChI=1S/C54H37N3S/c1-2-11-32-58-51-25-9-8-24-46(51)54(30-10-1)47-33-39(42-22-13-19-38-20-14-31-55-52(38)42)26-28-43(47)44-29-27-40(34-48(44)54)53-56-49(37-16-4-3-5-17-37)35-50(57-53)45-23-12-18-36-15-6-7-21-41(36)45/h3-35H,1-2H2/b30-10+,32-11+. The third-order valence-electron chi connectivity index (χ3n) is 11.7. The highest BCUT2D eigenvalue weighted by Crippen LogP contribution is 2.57. The molecule has 0 saturated heterocycles. The van der Waals surface area contributed by atoms with Crippen molar-refractivity contribution in [3.05, 3.63) is 216 Å². The summed E-state index contributed by atoms with van der Waals surface area (Å²) in [6.45, 7) is 0. The summed E-state index contributed by atoms with van der Waals surface area (Å²) in [5.74, 6) is 0.704. The van der Waals surface area contributed by atoms with E-state index in [-0.39, 0.29) is 0 Å². The fourth-order valence-corrected chi connectivity index (χ4v) is 9.91. The Bertz CT molecular complexity index is 3100. The first kappa shape index (κ1) is 34.4. The average molecular weight is 760 g/mol. The van der Waals surface area contributed by atoms with E-state index >= 15 is 0 Å². The van der Waals surface area contributed by atoms with Gasteiger partial charge in [0.05, 0.1) is 22.3 Å². The molecule has 0 N–H and O–H groups in total. The van der Waals surface area contributed by atoms with Crippen LogP contribution in [0.4, 0.5) is 0 Å². The van der Waals surface area contributed by atoms with Crippen molar-refractivity contribution in [1.82, 2.24) is 15.0 Å². The summed E-state index contributed by atoms with van der Waals surface area (Å²) in [5, 5.41) is 5.75. The van der Waals surface area contributed by atoms with Crippen LogP contribution in [0.3, 0.4) is 0 Å². The van der Waals surface area contributed by atoms with Gasteiger partial charge < -0.3 is 0 Å². The molecule has 58 heavy (non-hydrogen) atoms. The minimum Gasteiger partial charge on any atom is -0.256 e. The largest absolute Gasteiger partial charge is 0.256 e. The van der Waals surface area contributed by atoms with Crippen LogP contribution in [-0.4, -0.2) is 15.0 Å². The molecule has 9 aromatic rings. The van der Waals surface area contributed by atoms with Crippen molar-refractivity contribution in [2.75, 3.05) is 0 Å². The molecule has 0 saturated carbocycles. The van der Waals surface area contributed by atoms with Gasteiger partial charge in [0.15, 0.2) is 5.82 Å². The van der Waals surface area contributed by atoms with Crippen molar-refractivity contribution in [2.45, 2.75) is 23.2 Å². The lowest BCUT2D eigenvalue weighted by atomic mass is 9.71.